The number of amides is 1. The lowest BCUT2D eigenvalue weighted by Gasteiger charge is -2.12. The Kier molecular flexibility index (Phi) is 4.27. The fourth-order valence-corrected chi connectivity index (χ4v) is 1.75. The molecule has 110 valence electrons. The Balaban J connectivity index is 2.14. The van der Waals surface area contributed by atoms with Gasteiger partial charge in [-0.3, -0.25) is 4.79 Å². The summed E-state index contributed by atoms with van der Waals surface area (Å²) in [5.74, 6) is 0.737. The third-order valence-electron chi connectivity index (χ3n) is 2.91. The summed E-state index contributed by atoms with van der Waals surface area (Å²) in [5.41, 5.74) is 0.730. The highest BCUT2D eigenvalue weighted by Gasteiger charge is 2.12. The third-order valence-corrected chi connectivity index (χ3v) is 2.91. The average Bonchev–Trinajstić information content (AvgIpc) is 2.47. The number of phenols is 1. The molecule has 1 aromatic carbocycles. The minimum Gasteiger partial charge on any atom is -0.507 e. The number of ether oxygens (including phenoxy) is 1. The number of anilines is 2. The molecule has 0 aliphatic heterocycles. The number of methoxy groups -OCH3 is 1. The van der Waals surface area contributed by atoms with Crippen LogP contribution in [-0.2, 0) is 0 Å². The van der Waals surface area contributed by atoms with Crippen LogP contribution in [0.1, 0.15) is 10.4 Å². The Hall–Kier alpha value is -2.76. The van der Waals surface area contributed by atoms with Crippen LogP contribution in [0.2, 0.25) is 0 Å². The molecule has 6 nitrogen and oxygen atoms in total. The summed E-state index contributed by atoms with van der Waals surface area (Å²) in [4.78, 5) is 18.2. The number of pyridine rings is 1. The largest absolute Gasteiger partial charge is 0.507 e. The normalized spacial score (nSPS) is 10.0. The number of aromatic hydroxyl groups is 1. The number of rotatable bonds is 4. The van der Waals surface area contributed by atoms with Crippen LogP contribution in [0.4, 0.5) is 11.5 Å². The highest BCUT2D eigenvalue weighted by Crippen LogP contribution is 2.24. The van der Waals surface area contributed by atoms with E-state index in [1.165, 1.54) is 19.2 Å². The maximum absolute atomic E-state index is 12.1. The van der Waals surface area contributed by atoms with Crippen molar-refractivity contribution in [3.63, 3.8) is 0 Å². The van der Waals surface area contributed by atoms with E-state index >= 15 is 0 Å². The van der Waals surface area contributed by atoms with Gasteiger partial charge in [0.1, 0.15) is 17.3 Å². The SMILES string of the molecule is COc1ccc(C(=O)Nc2ccc(N(C)C)nc2)c(O)c1. The molecule has 0 atom stereocenters. The molecule has 1 amide bonds. The Bertz CT molecular complexity index is 639. The lowest BCUT2D eigenvalue weighted by molar-refractivity contribution is 0.102. The number of nitrogens with zero attached hydrogens (tertiary/aromatic N) is 2. The molecular weight excluding hydrogens is 270 g/mol. The van der Waals surface area contributed by atoms with Gasteiger partial charge in [0.05, 0.1) is 24.6 Å². The van der Waals surface area contributed by atoms with Crippen molar-refractivity contribution in [1.29, 1.82) is 0 Å². The molecule has 0 fully saturated rings. The van der Waals surface area contributed by atoms with E-state index < -0.39 is 5.91 Å². The quantitative estimate of drug-likeness (QED) is 0.901. The molecule has 2 rings (SSSR count). The zero-order chi connectivity index (χ0) is 15.4. The highest BCUT2D eigenvalue weighted by molar-refractivity contribution is 6.06. The van der Waals surface area contributed by atoms with Crippen LogP contribution in [0.15, 0.2) is 36.5 Å². The van der Waals surface area contributed by atoms with E-state index in [0.717, 1.165) is 5.82 Å². The molecule has 0 saturated heterocycles. The Labute approximate surface area is 123 Å². The number of carbonyl (C=O) groups is 1. The zero-order valence-corrected chi connectivity index (χ0v) is 12.1. The smallest absolute Gasteiger partial charge is 0.259 e. The molecule has 21 heavy (non-hydrogen) atoms. The van der Waals surface area contributed by atoms with Crippen molar-refractivity contribution >= 4 is 17.4 Å². The molecular formula is C15H17N3O3. The Morgan fingerprint density at radius 1 is 1.29 bits per heavy atom. The van der Waals surface area contributed by atoms with Crippen LogP contribution >= 0.6 is 0 Å². The summed E-state index contributed by atoms with van der Waals surface area (Å²) in [6.45, 7) is 0. The first-order valence-electron chi connectivity index (χ1n) is 6.33. The van der Waals surface area contributed by atoms with Gasteiger partial charge in [-0.1, -0.05) is 0 Å². The Morgan fingerprint density at radius 3 is 2.57 bits per heavy atom. The van der Waals surface area contributed by atoms with Crippen molar-refractivity contribution < 1.29 is 14.6 Å². The molecule has 0 aliphatic carbocycles. The van der Waals surface area contributed by atoms with Gasteiger partial charge >= 0.3 is 0 Å². The standard InChI is InChI=1S/C15H17N3O3/c1-18(2)14-7-4-10(9-16-14)17-15(20)12-6-5-11(21-3)8-13(12)19/h4-9,19H,1-3H3,(H,17,20). The number of nitrogens with one attached hydrogen (secondary N) is 1. The van der Waals surface area contributed by atoms with Gasteiger partial charge in [-0.25, -0.2) is 4.98 Å². The first kappa shape index (κ1) is 14.6. The summed E-state index contributed by atoms with van der Waals surface area (Å²) in [7, 11) is 5.26. The number of hydrogen-bond donors (Lipinski definition) is 2. The maximum Gasteiger partial charge on any atom is 0.259 e. The van der Waals surface area contributed by atoms with Gasteiger partial charge in [0.25, 0.3) is 5.91 Å². The summed E-state index contributed by atoms with van der Waals surface area (Å²) >= 11 is 0. The molecule has 0 aliphatic rings. The third kappa shape index (κ3) is 3.42. The van der Waals surface area contributed by atoms with E-state index in [4.69, 9.17) is 4.74 Å². The molecule has 0 bridgehead atoms. The van der Waals surface area contributed by atoms with E-state index in [2.05, 4.69) is 10.3 Å². The minimum absolute atomic E-state index is 0.135. The molecule has 1 heterocycles. The molecule has 6 heteroatoms. The number of hydrogen-bond acceptors (Lipinski definition) is 5. The monoisotopic (exact) mass is 287 g/mol. The molecule has 0 spiro atoms. The van der Waals surface area contributed by atoms with Gasteiger partial charge < -0.3 is 20.1 Å². The minimum atomic E-state index is -0.408. The van der Waals surface area contributed by atoms with Crippen molar-refractivity contribution in [3.05, 3.63) is 42.1 Å². The van der Waals surface area contributed by atoms with Crippen LogP contribution in [0.5, 0.6) is 11.5 Å². The van der Waals surface area contributed by atoms with E-state index in [-0.39, 0.29) is 11.3 Å². The topological polar surface area (TPSA) is 74.7 Å². The maximum atomic E-state index is 12.1. The van der Waals surface area contributed by atoms with E-state index in [0.29, 0.717) is 11.4 Å². The lowest BCUT2D eigenvalue weighted by atomic mass is 10.1. The molecule has 0 unspecified atom stereocenters. The van der Waals surface area contributed by atoms with Gasteiger partial charge in [0.15, 0.2) is 0 Å². The van der Waals surface area contributed by atoms with Crippen LogP contribution in [0.3, 0.4) is 0 Å². The molecule has 0 saturated carbocycles. The highest BCUT2D eigenvalue weighted by atomic mass is 16.5. The summed E-state index contributed by atoms with van der Waals surface area (Å²) in [6, 6.07) is 8.06. The van der Waals surface area contributed by atoms with Gasteiger partial charge in [-0.15, -0.1) is 0 Å². The van der Waals surface area contributed by atoms with Crippen molar-refractivity contribution in [1.82, 2.24) is 4.98 Å². The van der Waals surface area contributed by atoms with Crippen LogP contribution in [0.25, 0.3) is 0 Å². The van der Waals surface area contributed by atoms with Crippen molar-refractivity contribution in [3.8, 4) is 11.5 Å². The fourth-order valence-electron chi connectivity index (χ4n) is 1.75. The fraction of sp³-hybridized carbons (Fsp3) is 0.200. The zero-order valence-electron chi connectivity index (χ0n) is 12.1. The second-order valence-corrected chi connectivity index (χ2v) is 4.64. The first-order chi connectivity index (χ1) is 10.0. The molecule has 0 radical (unpaired) electrons. The lowest BCUT2D eigenvalue weighted by Crippen LogP contribution is -2.14. The van der Waals surface area contributed by atoms with E-state index in [1.54, 1.807) is 24.4 Å². The predicted octanol–water partition coefficient (Wildman–Crippen LogP) is 2.11. The van der Waals surface area contributed by atoms with Crippen molar-refractivity contribution in [2.45, 2.75) is 0 Å². The van der Waals surface area contributed by atoms with Crippen LogP contribution in [0, 0.1) is 0 Å². The van der Waals surface area contributed by atoms with Gasteiger partial charge in [-0.2, -0.15) is 0 Å². The van der Waals surface area contributed by atoms with Gasteiger partial charge in [-0.05, 0) is 24.3 Å². The summed E-state index contributed by atoms with van der Waals surface area (Å²) in [5, 5.41) is 12.5. The van der Waals surface area contributed by atoms with Crippen LogP contribution < -0.4 is 15.0 Å². The van der Waals surface area contributed by atoms with E-state index in [9.17, 15) is 9.90 Å². The number of carbonyl (C=O) groups excluding carboxylic acids is 1. The molecule has 1 aromatic heterocycles. The first-order valence-corrected chi connectivity index (χ1v) is 6.33. The molecule has 2 N–H and O–H groups in total. The summed E-state index contributed by atoms with van der Waals surface area (Å²) < 4.78 is 4.98. The number of aromatic nitrogens is 1. The van der Waals surface area contributed by atoms with E-state index in [1.807, 2.05) is 19.0 Å². The van der Waals surface area contributed by atoms with Gasteiger partial charge in [0, 0.05) is 20.2 Å². The Morgan fingerprint density at radius 2 is 2.05 bits per heavy atom. The van der Waals surface area contributed by atoms with Crippen LogP contribution in [-0.4, -0.2) is 37.2 Å². The average molecular weight is 287 g/mol. The second-order valence-electron chi connectivity index (χ2n) is 4.64. The van der Waals surface area contributed by atoms with Gasteiger partial charge in [0.2, 0.25) is 0 Å². The summed E-state index contributed by atoms with van der Waals surface area (Å²) in [6.07, 6.45) is 1.56. The number of benzene rings is 1. The van der Waals surface area contributed by atoms with Crippen molar-refractivity contribution in [2.24, 2.45) is 0 Å². The molecule has 2 aromatic rings. The second kappa shape index (κ2) is 6.13. The number of phenolic OH excluding ortho intramolecular Hbond substituents is 1. The predicted molar refractivity (Wildman–Crippen MR) is 81.2 cm³/mol. The van der Waals surface area contributed by atoms with Crippen molar-refractivity contribution in [2.75, 3.05) is 31.4 Å².